The average molecular weight is 399 g/mol. The first-order valence-electron chi connectivity index (χ1n) is 8.14. The zero-order valence-electron chi connectivity index (χ0n) is 15.0. The van der Waals surface area contributed by atoms with E-state index in [-0.39, 0.29) is 24.8 Å². The first kappa shape index (κ1) is 22.2. The van der Waals surface area contributed by atoms with Crippen LogP contribution in [0.25, 0.3) is 0 Å². The van der Waals surface area contributed by atoms with Crippen molar-refractivity contribution in [3.63, 3.8) is 0 Å². The molecule has 0 saturated carbocycles. The van der Waals surface area contributed by atoms with Gasteiger partial charge in [0, 0.05) is 25.2 Å². The average Bonchev–Trinajstić information content (AvgIpc) is 2.64. The van der Waals surface area contributed by atoms with Crippen LogP contribution < -0.4 is 10.5 Å². The van der Waals surface area contributed by atoms with E-state index in [0.717, 1.165) is 0 Å². The molecule has 1 fully saturated rings. The molecular formula is C17H23ClN4O5. The fourth-order valence-electron chi connectivity index (χ4n) is 2.48. The van der Waals surface area contributed by atoms with E-state index in [1.54, 1.807) is 24.3 Å². The maximum Gasteiger partial charge on any atom is 0.325 e. The fourth-order valence-corrected chi connectivity index (χ4v) is 2.48. The van der Waals surface area contributed by atoms with Gasteiger partial charge in [0.05, 0.1) is 13.7 Å². The number of amides is 2. The molecule has 1 aromatic carbocycles. The normalized spacial score (nSPS) is 13.8. The van der Waals surface area contributed by atoms with Crippen LogP contribution in [-0.2, 0) is 19.1 Å². The summed E-state index contributed by atoms with van der Waals surface area (Å²) in [6, 6.07) is 6.83. The summed E-state index contributed by atoms with van der Waals surface area (Å²) in [6.07, 6.45) is 0.560. The molecule has 2 rings (SSSR count). The summed E-state index contributed by atoms with van der Waals surface area (Å²) in [6.45, 7) is 1.22. The second-order valence-corrected chi connectivity index (χ2v) is 5.74. The summed E-state index contributed by atoms with van der Waals surface area (Å²) in [5.41, 5.74) is 6.00. The number of amidine groups is 1. The second-order valence-electron chi connectivity index (χ2n) is 5.74. The molecule has 9 nitrogen and oxygen atoms in total. The Bertz CT molecular complexity index is 695. The lowest BCUT2D eigenvalue weighted by molar-refractivity contribution is -0.159. The first-order valence-corrected chi connectivity index (χ1v) is 8.14. The number of esters is 1. The van der Waals surface area contributed by atoms with Crippen LogP contribution in [0, 0.1) is 5.41 Å². The molecule has 0 radical (unpaired) electrons. The lowest BCUT2D eigenvalue weighted by Gasteiger charge is -2.33. The molecule has 0 bridgehead atoms. The van der Waals surface area contributed by atoms with E-state index < -0.39 is 17.8 Å². The lowest BCUT2D eigenvalue weighted by atomic mass is 10.2. The van der Waals surface area contributed by atoms with E-state index in [1.165, 1.54) is 16.9 Å². The molecule has 0 unspecified atom stereocenters. The van der Waals surface area contributed by atoms with Gasteiger partial charge in [-0.2, -0.15) is 0 Å². The van der Waals surface area contributed by atoms with Crippen molar-refractivity contribution in [3.8, 4) is 5.75 Å². The Morgan fingerprint density at radius 2 is 1.74 bits per heavy atom. The quantitative estimate of drug-likeness (QED) is 0.209. The number of nitrogen functional groups attached to an aromatic ring is 1. The van der Waals surface area contributed by atoms with Crippen LogP contribution in [0.15, 0.2) is 24.3 Å². The van der Waals surface area contributed by atoms with Gasteiger partial charge in [-0.15, -0.1) is 12.4 Å². The van der Waals surface area contributed by atoms with E-state index in [2.05, 4.69) is 4.74 Å². The lowest BCUT2D eigenvalue weighted by Crippen LogP contribution is -2.55. The van der Waals surface area contributed by atoms with Crippen LogP contribution in [-0.4, -0.2) is 73.3 Å². The van der Waals surface area contributed by atoms with Crippen LogP contribution in [0.4, 0.5) is 0 Å². The Balaban J connectivity index is 0.00000364. The Morgan fingerprint density at radius 1 is 1.15 bits per heavy atom. The van der Waals surface area contributed by atoms with Crippen LogP contribution in [0.2, 0.25) is 0 Å². The minimum absolute atomic E-state index is 0. The molecule has 0 aromatic heterocycles. The number of carbonyl (C=O) groups is 3. The number of nitrogens with one attached hydrogen (secondary N) is 1. The van der Waals surface area contributed by atoms with Gasteiger partial charge in [0.2, 0.25) is 0 Å². The highest BCUT2D eigenvalue weighted by atomic mass is 35.5. The molecule has 0 aliphatic carbocycles. The molecule has 10 heteroatoms. The Kier molecular flexibility index (Phi) is 8.53. The number of rotatable bonds is 8. The number of piperazine rings is 1. The van der Waals surface area contributed by atoms with Crippen LogP contribution >= 0.6 is 12.4 Å². The zero-order valence-corrected chi connectivity index (χ0v) is 15.8. The molecular weight excluding hydrogens is 376 g/mol. The number of ether oxygens (including phenoxy) is 2. The highest BCUT2D eigenvalue weighted by Crippen LogP contribution is 2.12. The first-order chi connectivity index (χ1) is 12.4. The number of benzene rings is 1. The van der Waals surface area contributed by atoms with E-state index in [4.69, 9.17) is 15.9 Å². The number of carbonyl (C=O) groups excluding carboxylic acids is 3. The molecule has 1 aliphatic rings. The van der Waals surface area contributed by atoms with Gasteiger partial charge in [0.25, 0.3) is 0 Å². The van der Waals surface area contributed by atoms with E-state index in [0.29, 0.717) is 44.0 Å². The summed E-state index contributed by atoms with van der Waals surface area (Å²) < 4.78 is 10.1. The molecule has 148 valence electrons. The van der Waals surface area contributed by atoms with Crippen LogP contribution in [0.1, 0.15) is 12.0 Å². The van der Waals surface area contributed by atoms with E-state index >= 15 is 0 Å². The second kappa shape index (κ2) is 10.4. The van der Waals surface area contributed by atoms with Gasteiger partial charge in [-0.05, 0) is 30.7 Å². The SMILES string of the molecule is COC(=O)CN1CCN(CCCOc2ccc(C(=N)N)cc2)C(=O)C1=O.Cl. The van der Waals surface area contributed by atoms with Crippen molar-refractivity contribution >= 4 is 36.0 Å². The van der Waals surface area contributed by atoms with Gasteiger partial charge in [-0.3, -0.25) is 19.8 Å². The van der Waals surface area contributed by atoms with Gasteiger partial charge in [-0.25, -0.2) is 0 Å². The molecule has 1 heterocycles. The zero-order chi connectivity index (χ0) is 19.1. The summed E-state index contributed by atoms with van der Waals surface area (Å²) in [5.74, 6) is -1.23. The van der Waals surface area contributed by atoms with Gasteiger partial charge in [-0.1, -0.05) is 0 Å². The third-order valence-electron chi connectivity index (χ3n) is 3.95. The molecule has 0 spiro atoms. The topological polar surface area (TPSA) is 126 Å². The molecule has 0 atom stereocenters. The summed E-state index contributed by atoms with van der Waals surface area (Å²) in [7, 11) is 1.23. The summed E-state index contributed by atoms with van der Waals surface area (Å²) >= 11 is 0. The number of halogens is 1. The largest absolute Gasteiger partial charge is 0.494 e. The predicted molar refractivity (Wildman–Crippen MR) is 100.0 cm³/mol. The van der Waals surface area contributed by atoms with Crippen molar-refractivity contribution in [2.75, 3.05) is 39.9 Å². The van der Waals surface area contributed by atoms with Crippen LogP contribution in [0.3, 0.4) is 0 Å². The van der Waals surface area contributed by atoms with Crippen molar-refractivity contribution in [1.82, 2.24) is 9.80 Å². The summed E-state index contributed by atoms with van der Waals surface area (Å²) in [4.78, 5) is 38.0. The number of methoxy groups -OCH3 is 1. The van der Waals surface area contributed by atoms with E-state index in [1.807, 2.05) is 0 Å². The maximum absolute atomic E-state index is 12.1. The number of hydrogen-bond donors (Lipinski definition) is 2. The van der Waals surface area contributed by atoms with Crippen LogP contribution in [0.5, 0.6) is 5.75 Å². The van der Waals surface area contributed by atoms with Crippen molar-refractivity contribution in [2.45, 2.75) is 6.42 Å². The molecule has 1 saturated heterocycles. The third kappa shape index (κ3) is 6.14. The van der Waals surface area contributed by atoms with Crippen molar-refractivity contribution in [1.29, 1.82) is 5.41 Å². The van der Waals surface area contributed by atoms with Gasteiger partial charge in [0.15, 0.2) is 0 Å². The maximum atomic E-state index is 12.1. The molecule has 1 aromatic rings. The Labute approximate surface area is 163 Å². The highest BCUT2D eigenvalue weighted by molar-refractivity contribution is 6.35. The smallest absolute Gasteiger partial charge is 0.325 e. The standard InChI is InChI=1S/C17H22N4O5.ClH/c1-25-14(22)11-21-9-8-20(16(23)17(21)24)7-2-10-26-13-5-3-12(4-6-13)15(18)19;/h3-6H,2,7-11H2,1H3,(H3,18,19);1H. The molecule has 3 N–H and O–H groups in total. The summed E-state index contributed by atoms with van der Waals surface area (Å²) in [5, 5.41) is 7.33. The predicted octanol–water partition coefficient (Wildman–Crippen LogP) is 0.00517. The van der Waals surface area contributed by atoms with E-state index in [9.17, 15) is 14.4 Å². The number of hydrogen-bond acceptors (Lipinski definition) is 6. The minimum Gasteiger partial charge on any atom is -0.494 e. The molecule has 1 aliphatic heterocycles. The minimum atomic E-state index is -0.692. The number of nitrogens with zero attached hydrogens (tertiary/aromatic N) is 2. The third-order valence-corrected chi connectivity index (χ3v) is 3.95. The van der Waals surface area contributed by atoms with Gasteiger partial charge < -0.3 is 25.0 Å². The van der Waals surface area contributed by atoms with Gasteiger partial charge >= 0.3 is 17.8 Å². The van der Waals surface area contributed by atoms with Crippen molar-refractivity contribution < 1.29 is 23.9 Å². The fraction of sp³-hybridized carbons (Fsp3) is 0.412. The number of nitrogens with two attached hydrogens (primary N) is 1. The Hall–Kier alpha value is -2.81. The monoisotopic (exact) mass is 398 g/mol. The Morgan fingerprint density at radius 3 is 2.33 bits per heavy atom. The van der Waals surface area contributed by atoms with Gasteiger partial charge in [0.1, 0.15) is 18.1 Å². The molecule has 2 amide bonds. The molecule has 27 heavy (non-hydrogen) atoms. The van der Waals surface area contributed by atoms with Crippen molar-refractivity contribution in [3.05, 3.63) is 29.8 Å². The highest BCUT2D eigenvalue weighted by Gasteiger charge is 2.33. The van der Waals surface area contributed by atoms with Crippen molar-refractivity contribution in [2.24, 2.45) is 5.73 Å².